The molecule has 0 saturated carbocycles. The molecule has 0 bridgehead atoms. The number of halogens is 1. The van der Waals surface area contributed by atoms with Gasteiger partial charge in [-0.1, -0.05) is 24.3 Å². The lowest BCUT2D eigenvalue weighted by Crippen LogP contribution is -2.21. The fraction of sp³-hybridized carbons (Fsp3) is 0.0435. The van der Waals surface area contributed by atoms with Crippen LogP contribution in [0.2, 0.25) is 0 Å². The Morgan fingerprint density at radius 3 is 2.62 bits per heavy atom. The third kappa shape index (κ3) is 3.14. The van der Waals surface area contributed by atoms with Crippen molar-refractivity contribution < 1.29 is 4.39 Å². The highest BCUT2D eigenvalue weighted by molar-refractivity contribution is 5.86. The van der Waals surface area contributed by atoms with Crippen molar-refractivity contribution in [2.24, 2.45) is 0 Å². The van der Waals surface area contributed by atoms with Crippen molar-refractivity contribution in [3.8, 4) is 11.1 Å². The van der Waals surface area contributed by atoms with Crippen LogP contribution in [0.5, 0.6) is 0 Å². The number of pyridine rings is 2. The molecule has 3 aromatic heterocycles. The lowest BCUT2D eigenvalue weighted by atomic mass is 10.0. The van der Waals surface area contributed by atoms with E-state index in [9.17, 15) is 9.18 Å². The Bertz CT molecular complexity index is 1430. The number of fused-ring (bicyclic) bond motifs is 2. The van der Waals surface area contributed by atoms with Crippen LogP contribution in [-0.2, 0) is 6.54 Å². The van der Waals surface area contributed by atoms with Gasteiger partial charge in [0.1, 0.15) is 5.82 Å². The minimum absolute atomic E-state index is 0.108. The van der Waals surface area contributed by atoms with Crippen LogP contribution in [-0.4, -0.2) is 19.5 Å². The van der Waals surface area contributed by atoms with Crippen molar-refractivity contribution in [2.75, 3.05) is 0 Å². The van der Waals surface area contributed by atoms with Gasteiger partial charge in [0.15, 0.2) is 5.65 Å². The predicted molar refractivity (Wildman–Crippen MR) is 110 cm³/mol. The first-order chi connectivity index (χ1) is 14.2. The minimum Gasteiger partial charge on any atom is -0.299 e. The molecule has 5 nitrogen and oxygen atoms in total. The van der Waals surface area contributed by atoms with E-state index in [-0.39, 0.29) is 17.9 Å². The molecule has 0 aliphatic rings. The molecule has 140 valence electrons. The Morgan fingerprint density at radius 2 is 1.72 bits per heavy atom. The molecule has 5 aromatic rings. The molecule has 0 unspecified atom stereocenters. The SMILES string of the molecule is O=c1cnc2ncccc2n1Cc1ccc(-c2ccc3ccncc3c2)cc1F. The first-order valence-corrected chi connectivity index (χ1v) is 9.12. The Hall–Kier alpha value is -3.93. The van der Waals surface area contributed by atoms with Gasteiger partial charge < -0.3 is 0 Å². The molecule has 0 atom stereocenters. The molecule has 5 rings (SSSR count). The van der Waals surface area contributed by atoms with Gasteiger partial charge in [-0.15, -0.1) is 0 Å². The highest BCUT2D eigenvalue weighted by atomic mass is 19.1. The third-order valence-corrected chi connectivity index (χ3v) is 4.98. The zero-order chi connectivity index (χ0) is 19.8. The monoisotopic (exact) mass is 382 g/mol. The van der Waals surface area contributed by atoms with Gasteiger partial charge in [-0.2, -0.15) is 0 Å². The maximum atomic E-state index is 14.9. The van der Waals surface area contributed by atoms with Gasteiger partial charge in [-0.05, 0) is 46.8 Å². The molecule has 0 aliphatic carbocycles. The molecule has 0 saturated heterocycles. The standard InChI is InChI=1S/C23H15FN4O/c24-20-11-17(16-4-3-15-7-9-25-12-19(15)10-16)5-6-18(20)14-28-21-2-1-8-26-23(21)27-13-22(28)29/h1-13H,14H2. The summed E-state index contributed by atoms with van der Waals surface area (Å²) in [4.78, 5) is 24.6. The molecular weight excluding hydrogens is 367 g/mol. The van der Waals surface area contributed by atoms with Crippen LogP contribution in [0, 0.1) is 5.82 Å². The Morgan fingerprint density at radius 1 is 0.862 bits per heavy atom. The Labute approximate surface area is 165 Å². The van der Waals surface area contributed by atoms with Gasteiger partial charge in [-0.3, -0.25) is 14.3 Å². The predicted octanol–water partition coefficient (Wildman–Crippen LogP) is 4.19. The van der Waals surface area contributed by atoms with Crippen molar-refractivity contribution in [2.45, 2.75) is 6.54 Å². The van der Waals surface area contributed by atoms with Crippen LogP contribution < -0.4 is 5.56 Å². The highest BCUT2D eigenvalue weighted by Crippen LogP contribution is 2.26. The van der Waals surface area contributed by atoms with Gasteiger partial charge in [0, 0.05) is 29.5 Å². The Kier molecular flexibility index (Phi) is 4.09. The summed E-state index contributed by atoms with van der Waals surface area (Å²) >= 11 is 0. The topological polar surface area (TPSA) is 60.7 Å². The lowest BCUT2D eigenvalue weighted by Gasteiger charge is -2.11. The van der Waals surface area contributed by atoms with E-state index in [2.05, 4.69) is 15.0 Å². The largest absolute Gasteiger partial charge is 0.299 e. The Balaban J connectivity index is 1.53. The van der Waals surface area contributed by atoms with Gasteiger partial charge in [-0.25, -0.2) is 14.4 Å². The number of nitrogens with zero attached hydrogens (tertiary/aromatic N) is 4. The van der Waals surface area contributed by atoms with Crippen LogP contribution in [0.25, 0.3) is 33.1 Å². The fourth-order valence-corrected chi connectivity index (χ4v) is 3.46. The maximum absolute atomic E-state index is 14.9. The van der Waals surface area contributed by atoms with Crippen molar-refractivity contribution in [1.29, 1.82) is 0 Å². The molecule has 0 aliphatic heterocycles. The zero-order valence-electron chi connectivity index (χ0n) is 15.3. The number of benzene rings is 2. The van der Waals surface area contributed by atoms with E-state index in [0.717, 1.165) is 21.9 Å². The van der Waals surface area contributed by atoms with Gasteiger partial charge in [0.2, 0.25) is 0 Å². The lowest BCUT2D eigenvalue weighted by molar-refractivity contribution is 0.599. The zero-order valence-corrected chi connectivity index (χ0v) is 15.3. The van der Waals surface area contributed by atoms with E-state index in [4.69, 9.17) is 0 Å². The molecule has 0 spiro atoms. The molecule has 3 heterocycles. The number of hydrogen-bond donors (Lipinski definition) is 0. The van der Waals surface area contributed by atoms with Crippen molar-refractivity contribution >= 4 is 21.9 Å². The van der Waals surface area contributed by atoms with Crippen LogP contribution in [0.3, 0.4) is 0 Å². The summed E-state index contributed by atoms with van der Waals surface area (Å²) in [6.45, 7) is 0.108. The van der Waals surface area contributed by atoms with Crippen LogP contribution in [0.15, 0.2) is 84.2 Å². The van der Waals surface area contributed by atoms with Crippen LogP contribution >= 0.6 is 0 Å². The smallest absolute Gasteiger partial charge is 0.269 e. The van der Waals surface area contributed by atoms with Crippen LogP contribution in [0.1, 0.15) is 5.56 Å². The molecule has 6 heteroatoms. The maximum Gasteiger partial charge on any atom is 0.269 e. The highest BCUT2D eigenvalue weighted by Gasteiger charge is 2.10. The molecule has 0 N–H and O–H groups in total. The van der Waals surface area contributed by atoms with Crippen molar-refractivity contribution in [3.05, 3.63) is 101 Å². The molecule has 0 fully saturated rings. The summed E-state index contributed by atoms with van der Waals surface area (Å²) < 4.78 is 16.4. The van der Waals surface area contributed by atoms with E-state index < -0.39 is 0 Å². The summed E-state index contributed by atoms with van der Waals surface area (Å²) in [5.74, 6) is -0.366. The first-order valence-electron chi connectivity index (χ1n) is 9.12. The van der Waals surface area contributed by atoms with Gasteiger partial charge >= 0.3 is 0 Å². The second-order valence-electron chi connectivity index (χ2n) is 6.77. The number of aromatic nitrogens is 4. The number of rotatable bonds is 3. The summed E-state index contributed by atoms with van der Waals surface area (Å²) in [6.07, 6.45) is 6.36. The third-order valence-electron chi connectivity index (χ3n) is 4.98. The molecule has 0 amide bonds. The van der Waals surface area contributed by atoms with Gasteiger partial charge in [0.25, 0.3) is 5.56 Å². The van der Waals surface area contributed by atoms with Gasteiger partial charge in [0.05, 0.1) is 18.3 Å². The molecule has 2 aromatic carbocycles. The molecule has 0 radical (unpaired) electrons. The van der Waals surface area contributed by atoms with E-state index in [0.29, 0.717) is 16.7 Å². The quantitative estimate of drug-likeness (QED) is 0.469. The van der Waals surface area contributed by atoms with Crippen molar-refractivity contribution in [3.63, 3.8) is 0 Å². The minimum atomic E-state index is -0.366. The van der Waals surface area contributed by atoms with E-state index >= 15 is 0 Å². The average molecular weight is 382 g/mol. The molecular formula is C23H15FN4O. The number of hydrogen-bond acceptors (Lipinski definition) is 4. The van der Waals surface area contributed by atoms with Crippen molar-refractivity contribution in [1.82, 2.24) is 19.5 Å². The summed E-state index contributed by atoms with van der Waals surface area (Å²) in [6, 6.07) is 16.4. The second kappa shape index (κ2) is 6.91. The van der Waals surface area contributed by atoms with E-state index in [1.165, 1.54) is 16.8 Å². The second-order valence-corrected chi connectivity index (χ2v) is 6.77. The normalized spacial score (nSPS) is 11.2. The molecule has 29 heavy (non-hydrogen) atoms. The first kappa shape index (κ1) is 17.2. The summed E-state index contributed by atoms with van der Waals surface area (Å²) in [5.41, 5.74) is 2.84. The average Bonchev–Trinajstić information content (AvgIpc) is 2.76. The van der Waals surface area contributed by atoms with E-state index in [1.54, 1.807) is 36.8 Å². The summed E-state index contributed by atoms with van der Waals surface area (Å²) in [7, 11) is 0. The fourth-order valence-electron chi connectivity index (χ4n) is 3.46. The van der Waals surface area contributed by atoms with E-state index in [1.807, 2.05) is 30.3 Å². The van der Waals surface area contributed by atoms with Crippen LogP contribution in [0.4, 0.5) is 4.39 Å². The summed E-state index contributed by atoms with van der Waals surface area (Å²) in [5, 5.41) is 2.08.